The molecule has 1 nitrogen and oxygen atoms in total. The van der Waals surface area contributed by atoms with Crippen LogP contribution in [0.2, 0.25) is 0 Å². The van der Waals surface area contributed by atoms with Crippen molar-refractivity contribution in [1.82, 2.24) is 0 Å². The van der Waals surface area contributed by atoms with E-state index in [2.05, 4.69) is 25.8 Å². The summed E-state index contributed by atoms with van der Waals surface area (Å²) < 4.78 is 0. The van der Waals surface area contributed by atoms with Crippen molar-refractivity contribution in [3.63, 3.8) is 0 Å². The molecule has 1 aromatic rings. The lowest BCUT2D eigenvalue weighted by Gasteiger charge is -2.13. The van der Waals surface area contributed by atoms with Gasteiger partial charge in [-0.3, -0.25) is 0 Å². The monoisotopic (exact) mass is 230 g/mol. The molecule has 1 atom stereocenters. The molecule has 0 saturated carbocycles. The van der Waals surface area contributed by atoms with E-state index in [0.29, 0.717) is 11.7 Å². The highest BCUT2D eigenvalue weighted by atomic mass is 16.3. The van der Waals surface area contributed by atoms with E-state index in [9.17, 15) is 5.11 Å². The van der Waals surface area contributed by atoms with Crippen molar-refractivity contribution in [2.45, 2.75) is 51.9 Å². The maximum absolute atomic E-state index is 9.71. The molecule has 92 valence electrons. The second-order valence-corrected chi connectivity index (χ2v) is 4.68. The number of rotatable bonds is 6. The number of aromatic hydroxyl groups is 1. The molecule has 0 aromatic heterocycles. The predicted molar refractivity (Wildman–Crippen MR) is 73.2 cm³/mol. The smallest absolute Gasteiger partial charge is 0.116 e. The Hall–Kier alpha value is -1.42. The summed E-state index contributed by atoms with van der Waals surface area (Å²) in [5.74, 6) is 3.52. The average molecular weight is 230 g/mol. The molecular weight excluding hydrogens is 208 g/mol. The molecule has 0 heterocycles. The van der Waals surface area contributed by atoms with Gasteiger partial charge < -0.3 is 5.11 Å². The Morgan fingerprint density at radius 2 is 2.12 bits per heavy atom. The van der Waals surface area contributed by atoms with Crippen molar-refractivity contribution < 1.29 is 5.11 Å². The minimum Gasteiger partial charge on any atom is -0.508 e. The Morgan fingerprint density at radius 1 is 1.35 bits per heavy atom. The first kappa shape index (κ1) is 13.6. The lowest BCUT2D eigenvalue weighted by atomic mass is 9.93. The Labute approximate surface area is 105 Å². The van der Waals surface area contributed by atoms with Gasteiger partial charge in [-0.15, -0.1) is 12.3 Å². The number of unbranched alkanes of at least 4 members (excludes halogenated alkanes) is 1. The lowest BCUT2D eigenvalue weighted by molar-refractivity contribution is 0.472. The third-order valence-electron chi connectivity index (χ3n) is 3.07. The Kier molecular flexibility index (Phi) is 5.63. The Balaban J connectivity index is 2.71. The first-order valence-electron chi connectivity index (χ1n) is 6.43. The van der Waals surface area contributed by atoms with Gasteiger partial charge in [-0.05, 0) is 48.4 Å². The topological polar surface area (TPSA) is 20.2 Å². The van der Waals surface area contributed by atoms with Gasteiger partial charge in [0.15, 0.2) is 0 Å². The number of hydrogen-bond acceptors (Lipinski definition) is 1. The van der Waals surface area contributed by atoms with Gasteiger partial charge in [-0.1, -0.05) is 26.3 Å². The predicted octanol–water partition coefficient (Wildman–Crippen LogP) is 4.25. The van der Waals surface area contributed by atoms with Gasteiger partial charge in [-0.2, -0.15) is 0 Å². The van der Waals surface area contributed by atoms with Crippen LogP contribution in [0.1, 0.15) is 56.6 Å². The summed E-state index contributed by atoms with van der Waals surface area (Å²) in [6, 6.07) is 5.95. The van der Waals surface area contributed by atoms with Gasteiger partial charge in [0.25, 0.3) is 0 Å². The number of benzene rings is 1. The van der Waals surface area contributed by atoms with Crippen molar-refractivity contribution in [1.29, 1.82) is 0 Å². The van der Waals surface area contributed by atoms with Gasteiger partial charge in [0.05, 0.1) is 0 Å². The number of hydrogen-bond donors (Lipinski definition) is 1. The molecule has 0 aliphatic heterocycles. The fourth-order valence-corrected chi connectivity index (χ4v) is 2.09. The van der Waals surface area contributed by atoms with Gasteiger partial charge in [0.2, 0.25) is 0 Å². The van der Waals surface area contributed by atoms with Gasteiger partial charge in [0.1, 0.15) is 5.75 Å². The largest absolute Gasteiger partial charge is 0.508 e. The highest BCUT2D eigenvalue weighted by Crippen LogP contribution is 2.26. The maximum atomic E-state index is 9.71. The highest BCUT2D eigenvalue weighted by molar-refractivity contribution is 5.35. The summed E-state index contributed by atoms with van der Waals surface area (Å²) in [6.45, 7) is 4.35. The minimum atomic E-state index is 0.384. The minimum absolute atomic E-state index is 0.384. The van der Waals surface area contributed by atoms with Crippen LogP contribution in [0.5, 0.6) is 5.75 Å². The number of phenols is 1. The second-order valence-electron chi connectivity index (χ2n) is 4.68. The van der Waals surface area contributed by atoms with Crippen LogP contribution in [0, 0.1) is 12.3 Å². The normalized spacial score (nSPS) is 12.1. The third kappa shape index (κ3) is 4.53. The van der Waals surface area contributed by atoms with Crippen LogP contribution in [0.25, 0.3) is 0 Å². The quantitative estimate of drug-likeness (QED) is 0.572. The first-order valence-corrected chi connectivity index (χ1v) is 6.43. The molecule has 0 fully saturated rings. The highest BCUT2D eigenvalue weighted by Gasteiger charge is 2.07. The van der Waals surface area contributed by atoms with Gasteiger partial charge in [-0.25, -0.2) is 0 Å². The summed E-state index contributed by atoms with van der Waals surface area (Å²) in [7, 11) is 0. The number of aryl methyl sites for hydroxylation is 1. The van der Waals surface area contributed by atoms with E-state index in [0.717, 1.165) is 32.1 Å². The Bertz CT molecular complexity index is 387. The molecule has 1 N–H and O–H groups in total. The van der Waals surface area contributed by atoms with Gasteiger partial charge >= 0.3 is 0 Å². The summed E-state index contributed by atoms with van der Waals surface area (Å²) in [4.78, 5) is 0. The van der Waals surface area contributed by atoms with Crippen LogP contribution >= 0.6 is 0 Å². The average Bonchev–Trinajstić information content (AvgIpc) is 2.29. The molecule has 1 rings (SSSR count). The van der Waals surface area contributed by atoms with E-state index in [1.54, 1.807) is 0 Å². The third-order valence-corrected chi connectivity index (χ3v) is 3.07. The van der Waals surface area contributed by atoms with Crippen molar-refractivity contribution in [3.05, 3.63) is 29.3 Å². The van der Waals surface area contributed by atoms with Crippen molar-refractivity contribution in [2.24, 2.45) is 0 Å². The summed E-state index contributed by atoms with van der Waals surface area (Å²) >= 11 is 0. The molecular formula is C16H22O. The lowest BCUT2D eigenvalue weighted by Crippen LogP contribution is -1.95. The van der Waals surface area contributed by atoms with Gasteiger partial charge in [0, 0.05) is 6.42 Å². The fraction of sp³-hybridized carbons (Fsp3) is 0.500. The molecule has 1 heteroatoms. The van der Waals surface area contributed by atoms with E-state index >= 15 is 0 Å². The summed E-state index contributed by atoms with van der Waals surface area (Å²) in [5, 5.41) is 9.71. The molecule has 0 aliphatic carbocycles. The number of phenolic OH excluding ortho intramolecular Hbond substituents is 1. The van der Waals surface area contributed by atoms with E-state index in [4.69, 9.17) is 6.42 Å². The molecule has 1 unspecified atom stereocenters. The standard InChI is InChI=1S/C16H22O/c1-4-6-7-9-13(3)15-10-14(8-5-2)11-16(17)12-15/h1,10-13,17H,5-9H2,2-3H3. The van der Waals surface area contributed by atoms with Crippen molar-refractivity contribution in [3.8, 4) is 18.1 Å². The molecule has 0 amide bonds. The zero-order valence-electron chi connectivity index (χ0n) is 10.9. The molecule has 0 aliphatic rings. The van der Waals surface area contributed by atoms with E-state index < -0.39 is 0 Å². The fourth-order valence-electron chi connectivity index (χ4n) is 2.09. The molecule has 17 heavy (non-hydrogen) atoms. The zero-order valence-corrected chi connectivity index (χ0v) is 10.9. The first-order chi connectivity index (χ1) is 8.17. The summed E-state index contributed by atoms with van der Waals surface area (Å²) in [5.41, 5.74) is 2.46. The summed E-state index contributed by atoms with van der Waals surface area (Å²) in [6.07, 6.45) is 10.4. The molecule has 1 aromatic carbocycles. The zero-order chi connectivity index (χ0) is 12.7. The van der Waals surface area contributed by atoms with Crippen LogP contribution in [-0.2, 0) is 6.42 Å². The SMILES string of the molecule is C#CCCCC(C)c1cc(O)cc(CCC)c1. The second kappa shape index (κ2) is 7.01. The van der Waals surface area contributed by atoms with E-state index in [1.807, 2.05) is 12.1 Å². The molecule has 0 saturated heterocycles. The van der Waals surface area contributed by atoms with Crippen LogP contribution < -0.4 is 0 Å². The van der Waals surface area contributed by atoms with Crippen LogP contribution in [0.4, 0.5) is 0 Å². The van der Waals surface area contributed by atoms with Crippen LogP contribution in [-0.4, -0.2) is 5.11 Å². The van der Waals surface area contributed by atoms with Crippen molar-refractivity contribution in [2.75, 3.05) is 0 Å². The Morgan fingerprint density at radius 3 is 2.76 bits per heavy atom. The van der Waals surface area contributed by atoms with Crippen molar-refractivity contribution >= 4 is 0 Å². The van der Waals surface area contributed by atoms with Crippen LogP contribution in [0.3, 0.4) is 0 Å². The maximum Gasteiger partial charge on any atom is 0.116 e. The molecule has 0 bridgehead atoms. The molecule has 0 radical (unpaired) electrons. The molecule has 0 spiro atoms. The number of terminal acetylenes is 1. The van der Waals surface area contributed by atoms with Crippen LogP contribution in [0.15, 0.2) is 18.2 Å². The van der Waals surface area contributed by atoms with E-state index in [-0.39, 0.29) is 0 Å². The van der Waals surface area contributed by atoms with E-state index in [1.165, 1.54) is 11.1 Å².